The fourth-order valence-corrected chi connectivity index (χ4v) is 2.90. The number of likely N-dealkylation sites (N-methyl/N-ethyl adjacent to an activating group) is 1. The number of hydrogen-bond donors (Lipinski definition) is 1. The van der Waals surface area contributed by atoms with E-state index in [1.807, 2.05) is 23.7 Å². The molecule has 0 bridgehead atoms. The van der Waals surface area contributed by atoms with Crippen molar-refractivity contribution in [1.29, 1.82) is 0 Å². The molecule has 1 aromatic heterocycles. The van der Waals surface area contributed by atoms with Gasteiger partial charge < -0.3 is 24.8 Å². The molecule has 0 spiro atoms. The number of fused-ring (bicyclic) bond motifs is 1. The highest BCUT2D eigenvalue weighted by atomic mass is 16.5. The van der Waals surface area contributed by atoms with Gasteiger partial charge in [0.25, 0.3) is 0 Å². The molecule has 0 atom stereocenters. The van der Waals surface area contributed by atoms with Crippen molar-refractivity contribution in [2.75, 3.05) is 38.1 Å². The summed E-state index contributed by atoms with van der Waals surface area (Å²) in [5.41, 5.74) is 6.71. The van der Waals surface area contributed by atoms with Crippen molar-refractivity contribution in [3.63, 3.8) is 0 Å². The monoisotopic (exact) mass is 303 g/mol. The van der Waals surface area contributed by atoms with Crippen LogP contribution in [0.3, 0.4) is 0 Å². The predicted octanol–water partition coefficient (Wildman–Crippen LogP) is 1.17. The summed E-state index contributed by atoms with van der Waals surface area (Å²) >= 11 is 0. The van der Waals surface area contributed by atoms with Gasteiger partial charge in [0, 0.05) is 26.7 Å². The van der Waals surface area contributed by atoms with E-state index < -0.39 is 6.09 Å². The van der Waals surface area contributed by atoms with Crippen LogP contribution in [0.4, 0.5) is 10.7 Å². The highest BCUT2D eigenvalue weighted by Gasteiger charge is 2.20. The first-order valence-corrected chi connectivity index (χ1v) is 7.42. The molecule has 0 aliphatic carbocycles. The summed E-state index contributed by atoms with van der Waals surface area (Å²) in [6, 6.07) is 5.51. The van der Waals surface area contributed by atoms with Crippen molar-refractivity contribution in [2.45, 2.75) is 6.42 Å². The second-order valence-electron chi connectivity index (χ2n) is 5.66. The number of carbonyl (C=O) groups is 1. The normalized spacial score (nSPS) is 16.7. The largest absolute Gasteiger partial charge is 0.410 e. The summed E-state index contributed by atoms with van der Waals surface area (Å²) in [4.78, 5) is 20.3. The zero-order chi connectivity index (χ0) is 15.7. The molecule has 2 N–H and O–H groups in total. The van der Waals surface area contributed by atoms with Gasteiger partial charge in [-0.1, -0.05) is 6.07 Å². The lowest BCUT2D eigenvalue weighted by Gasteiger charge is -2.21. The van der Waals surface area contributed by atoms with Gasteiger partial charge in [-0.2, -0.15) is 0 Å². The van der Waals surface area contributed by atoms with Crippen LogP contribution in [-0.2, 0) is 7.05 Å². The maximum atomic E-state index is 11.0. The Labute approximate surface area is 129 Å². The third kappa shape index (κ3) is 2.71. The first-order valence-electron chi connectivity index (χ1n) is 7.42. The third-order valence-electron chi connectivity index (χ3n) is 4.06. The number of aryl methyl sites for hydroxylation is 1. The van der Waals surface area contributed by atoms with Gasteiger partial charge in [0.1, 0.15) is 5.52 Å². The molecule has 7 heteroatoms. The average Bonchev–Trinajstić information content (AvgIpc) is 2.66. The van der Waals surface area contributed by atoms with E-state index in [4.69, 9.17) is 15.5 Å². The van der Waals surface area contributed by atoms with Gasteiger partial charge in [-0.15, -0.1) is 0 Å². The molecule has 1 aliphatic rings. The SMILES string of the molecule is CN1CCCN(c2nc3c(OC(N)=O)cccc3n2C)CC1. The summed E-state index contributed by atoms with van der Waals surface area (Å²) in [5.74, 6) is 1.30. The van der Waals surface area contributed by atoms with Crippen LogP contribution < -0.4 is 15.4 Å². The molecule has 3 rings (SSSR count). The Morgan fingerprint density at radius 2 is 2.05 bits per heavy atom. The number of nitrogens with two attached hydrogens (primary N) is 1. The number of imidazole rings is 1. The van der Waals surface area contributed by atoms with Gasteiger partial charge in [0.15, 0.2) is 5.75 Å². The lowest BCUT2D eigenvalue weighted by Crippen LogP contribution is -2.30. The van der Waals surface area contributed by atoms with Gasteiger partial charge in [-0.05, 0) is 32.1 Å². The Morgan fingerprint density at radius 1 is 1.23 bits per heavy atom. The van der Waals surface area contributed by atoms with E-state index in [-0.39, 0.29) is 0 Å². The number of aromatic nitrogens is 2. The van der Waals surface area contributed by atoms with Crippen LogP contribution in [0.25, 0.3) is 11.0 Å². The van der Waals surface area contributed by atoms with Gasteiger partial charge in [-0.25, -0.2) is 9.78 Å². The Kier molecular flexibility index (Phi) is 3.89. The van der Waals surface area contributed by atoms with Crippen molar-refractivity contribution in [3.8, 4) is 5.75 Å². The van der Waals surface area contributed by atoms with E-state index in [9.17, 15) is 4.79 Å². The van der Waals surface area contributed by atoms with Crippen LogP contribution in [0.15, 0.2) is 18.2 Å². The van der Waals surface area contributed by atoms with E-state index in [0.717, 1.165) is 44.1 Å². The molecule has 2 aromatic rings. The summed E-state index contributed by atoms with van der Waals surface area (Å²) in [5, 5.41) is 0. The molecule has 2 heterocycles. The van der Waals surface area contributed by atoms with E-state index in [1.54, 1.807) is 6.07 Å². The summed E-state index contributed by atoms with van der Waals surface area (Å²) in [6.45, 7) is 4.00. The number of benzene rings is 1. The van der Waals surface area contributed by atoms with E-state index in [2.05, 4.69) is 16.8 Å². The molecular formula is C15H21N5O2. The first kappa shape index (κ1) is 14.6. The van der Waals surface area contributed by atoms with E-state index >= 15 is 0 Å². The topological polar surface area (TPSA) is 76.6 Å². The van der Waals surface area contributed by atoms with Gasteiger partial charge in [-0.3, -0.25) is 0 Å². The van der Waals surface area contributed by atoms with Crippen LogP contribution in [-0.4, -0.2) is 53.8 Å². The minimum Gasteiger partial charge on any atom is -0.408 e. The van der Waals surface area contributed by atoms with Crippen LogP contribution in [0.2, 0.25) is 0 Å². The van der Waals surface area contributed by atoms with Crippen LogP contribution in [0.5, 0.6) is 5.75 Å². The highest BCUT2D eigenvalue weighted by Crippen LogP contribution is 2.29. The van der Waals surface area contributed by atoms with Crippen molar-refractivity contribution < 1.29 is 9.53 Å². The van der Waals surface area contributed by atoms with E-state index in [1.165, 1.54) is 0 Å². The average molecular weight is 303 g/mol. The first-order chi connectivity index (χ1) is 10.6. The maximum Gasteiger partial charge on any atom is 0.410 e. The quantitative estimate of drug-likeness (QED) is 0.901. The zero-order valence-electron chi connectivity index (χ0n) is 13.0. The maximum absolute atomic E-state index is 11.0. The number of carbonyl (C=O) groups excluding carboxylic acids is 1. The van der Waals surface area contributed by atoms with Crippen molar-refractivity contribution in [1.82, 2.24) is 14.5 Å². The smallest absolute Gasteiger partial charge is 0.408 e. The molecule has 1 amide bonds. The minimum atomic E-state index is -0.823. The fraction of sp³-hybridized carbons (Fsp3) is 0.467. The molecule has 1 fully saturated rings. The molecule has 22 heavy (non-hydrogen) atoms. The molecular weight excluding hydrogens is 282 g/mol. The number of anilines is 1. The molecule has 0 saturated carbocycles. The lowest BCUT2D eigenvalue weighted by molar-refractivity contribution is 0.211. The molecule has 0 radical (unpaired) electrons. The van der Waals surface area contributed by atoms with Crippen LogP contribution >= 0.6 is 0 Å². The molecule has 7 nitrogen and oxygen atoms in total. The number of ether oxygens (including phenoxy) is 1. The number of primary amides is 1. The molecule has 1 saturated heterocycles. The minimum absolute atomic E-state index is 0.402. The lowest BCUT2D eigenvalue weighted by atomic mass is 10.3. The van der Waals surface area contributed by atoms with Crippen molar-refractivity contribution in [2.24, 2.45) is 12.8 Å². The number of nitrogens with zero attached hydrogens (tertiary/aromatic N) is 4. The van der Waals surface area contributed by atoms with Crippen LogP contribution in [0, 0.1) is 0 Å². The Hall–Kier alpha value is -2.28. The Balaban J connectivity index is 2.00. The number of rotatable bonds is 2. The number of para-hydroxylation sites is 1. The van der Waals surface area contributed by atoms with Crippen molar-refractivity contribution >= 4 is 23.1 Å². The molecule has 0 unspecified atom stereocenters. The van der Waals surface area contributed by atoms with Gasteiger partial charge in [0.2, 0.25) is 5.95 Å². The highest BCUT2D eigenvalue weighted by molar-refractivity contribution is 5.87. The Bertz CT molecular complexity index is 697. The van der Waals surface area contributed by atoms with Crippen molar-refractivity contribution in [3.05, 3.63) is 18.2 Å². The Morgan fingerprint density at radius 3 is 2.82 bits per heavy atom. The molecule has 1 aromatic carbocycles. The number of hydrogen-bond acceptors (Lipinski definition) is 5. The fourth-order valence-electron chi connectivity index (χ4n) is 2.90. The second-order valence-corrected chi connectivity index (χ2v) is 5.66. The summed E-state index contributed by atoms with van der Waals surface area (Å²) in [6.07, 6.45) is 0.278. The zero-order valence-corrected chi connectivity index (χ0v) is 13.0. The van der Waals surface area contributed by atoms with E-state index in [0.29, 0.717) is 11.3 Å². The summed E-state index contributed by atoms with van der Waals surface area (Å²) in [7, 11) is 4.12. The second kappa shape index (κ2) is 5.84. The molecule has 118 valence electrons. The number of amides is 1. The standard InChI is InChI=1S/C15H21N5O2/c1-18-7-4-8-20(10-9-18)15-17-13-11(19(15)2)5-3-6-12(13)22-14(16)21/h3,5-6H,4,7-10H2,1-2H3,(H2,16,21). The summed E-state index contributed by atoms with van der Waals surface area (Å²) < 4.78 is 7.10. The van der Waals surface area contributed by atoms with Gasteiger partial charge in [0.05, 0.1) is 5.52 Å². The van der Waals surface area contributed by atoms with Gasteiger partial charge >= 0.3 is 6.09 Å². The van der Waals surface area contributed by atoms with Crippen LogP contribution in [0.1, 0.15) is 6.42 Å². The molecule has 1 aliphatic heterocycles. The predicted molar refractivity (Wildman–Crippen MR) is 85.3 cm³/mol. The third-order valence-corrected chi connectivity index (χ3v) is 4.06.